The third-order valence-corrected chi connectivity index (χ3v) is 1.87. The minimum Gasteiger partial charge on any atom is -0.448 e. The van der Waals surface area contributed by atoms with Crippen molar-refractivity contribution < 1.29 is 9.53 Å². The fraction of sp³-hybridized carbons (Fsp3) is 0.300. The number of carbonyl (C=O) groups is 1. The summed E-state index contributed by atoms with van der Waals surface area (Å²) in [4.78, 5) is 10.3. The summed E-state index contributed by atoms with van der Waals surface area (Å²) in [5.74, 6) is 0. The number of nitrogen functional groups attached to an aromatic ring is 1. The molecule has 0 aromatic heterocycles. The Hall–Kier alpha value is -1.91. The summed E-state index contributed by atoms with van der Waals surface area (Å²) in [6, 6.07) is 5.69. The van der Waals surface area contributed by atoms with Crippen LogP contribution in [0.5, 0.6) is 0 Å². The predicted molar refractivity (Wildman–Crippen MR) is 59.6 cm³/mol. The van der Waals surface area contributed by atoms with Gasteiger partial charge in [0.1, 0.15) is 6.61 Å². The monoisotopic (exact) mass is 209 g/mol. The second kappa shape index (κ2) is 5.09. The lowest BCUT2D eigenvalue weighted by molar-refractivity contribution is 0.161. The number of nitrogens with two attached hydrogens (primary N) is 2. The van der Waals surface area contributed by atoms with Crippen LogP contribution < -0.4 is 16.8 Å². The third-order valence-electron chi connectivity index (χ3n) is 1.87. The van der Waals surface area contributed by atoms with Crippen LogP contribution in [0.4, 0.5) is 16.2 Å². The minimum absolute atomic E-state index is 0.225. The first kappa shape index (κ1) is 11.2. The molecule has 15 heavy (non-hydrogen) atoms. The molecule has 0 saturated heterocycles. The summed E-state index contributed by atoms with van der Waals surface area (Å²) in [5.41, 5.74) is 13.2. The van der Waals surface area contributed by atoms with E-state index in [9.17, 15) is 4.79 Å². The molecule has 0 bridgehead atoms. The Bertz CT molecular complexity index is 353. The SMILES string of the molecule is Cc1ccc(N)c(NCCOC(N)=O)c1. The van der Waals surface area contributed by atoms with Crippen molar-refractivity contribution in [1.29, 1.82) is 0 Å². The number of hydrogen-bond donors (Lipinski definition) is 3. The first-order valence-electron chi connectivity index (χ1n) is 4.62. The number of aryl methyl sites for hydroxylation is 1. The van der Waals surface area contributed by atoms with Crippen molar-refractivity contribution in [1.82, 2.24) is 0 Å². The molecule has 1 aromatic rings. The molecule has 5 heteroatoms. The molecule has 82 valence electrons. The highest BCUT2D eigenvalue weighted by Crippen LogP contribution is 2.18. The Balaban J connectivity index is 2.43. The van der Waals surface area contributed by atoms with Crippen molar-refractivity contribution in [2.75, 3.05) is 24.2 Å². The van der Waals surface area contributed by atoms with Gasteiger partial charge in [0.15, 0.2) is 0 Å². The maximum atomic E-state index is 10.3. The summed E-state index contributed by atoms with van der Waals surface area (Å²) >= 11 is 0. The number of anilines is 2. The molecule has 0 fully saturated rings. The van der Waals surface area contributed by atoms with Crippen molar-refractivity contribution in [2.24, 2.45) is 5.73 Å². The molecule has 5 N–H and O–H groups in total. The van der Waals surface area contributed by atoms with Gasteiger partial charge in [-0.3, -0.25) is 0 Å². The highest BCUT2D eigenvalue weighted by molar-refractivity contribution is 5.67. The van der Waals surface area contributed by atoms with E-state index in [1.165, 1.54) is 0 Å². The van der Waals surface area contributed by atoms with E-state index in [1.54, 1.807) is 0 Å². The minimum atomic E-state index is -0.769. The smallest absolute Gasteiger partial charge is 0.404 e. The zero-order chi connectivity index (χ0) is 11.3. The van der Waals surface area contributed by atoms with Gasteiger partial charge in [-0.05, 0) is 24.6 Å². The normalized spacial score (nSPS) is 9.67. The molecule has 0 atom stereocenters. The van der Waals surface area contributed by atoms with E-state index < -0.39 is 6.09 Å². The number of primary amides is 1. The molecule has 0 aliphatic carbocycles. The van der Waals surface area contributed by atoms with Crippen molar-refractivity contribution in [3.63, 3.8) is 0 Å². The molecule has 0 radical (unpaired) electrons. The van der Waals surface area contributed by atoms with Gasteiger partial charge in [0.2, 0.25) is 0 Å². The molecule has 0 aliphatic rings. The number of nitrogens with one attached hydrogen (secondary N) is 1. The van der Waals surface area contributed by atoms with Gasteiger partial charge >= 0.3 is 6.09 Å². The molecule has 0 aliphatic heterocycles. The molecule has 0 heterocycles. The Morgan fingerprint density at radius 3 is 2.93 bits per heavy atom. The van der Waals surface area contributed by atoms with Crippen LogP contribution in [0.1, 0.15) is 5.56 Å². The van der Waals surface area contributed by atoms with Crippen molar-refractivity contribution in [3.8, 4) is 0 Å². The molecule has 0 unspecified atom stereocenters. The zero-order valence-electron chi connectivity index (χ0n) is 8.62. The Morgan fingerprint density at radius 2 is 2.27 bits per heavy atom. The largest absolute Gasteiger partial charge is 0.448 e. The first-order chi connectivity index (χ1) is 7.09. The molecular formula is C10H15N3O2. The summed E-state index contributed by atoms with van der Waals surface area (Å²) in [5, 5.41) is 3.05. The molecule has 0 spiro atoms. The van der Waals surface area contributed by atoms with E-state index in [-0.39, 0.29) is 6.61 Å². The maximum absolute atomic E-state index is 10.3. The lowest BCUT2D eigenvalue weighted by Crippen LogP contribution is -2.18. The van der Waals surface area contributed by atoms with Crippen LogP contribution in [-0.4, -0.2) is 19.2 Å². The Labute approximate surface area is 88.4 Å². The molecular weight excluding hydrogens is 194 g/mol. The maximum Gasteiger partial charge on any atom is 0.404 e. The van der Waals surface area contributed by atoms with Crippen LogP contribution in [0.3, 0.4) is 0 Å². The highest BCUT2D eigenvalue weighted by Gasteiger charge is 1.99. The predicted octanol–water partition coefficient (Wildman–Crippen LogP) is 1.08. The van der Waals surface area contributed by atoms with E-state index in [0.717, 1.165) is 11.3 Å². The Kier molecular flexibility index (Phi) is 3.79. The molecule has 0 saturated carbocycles. The average molecular weight is 209 g/mol. The number of carbonyl (C=O) groups excluding carboxylic acids is 1. The molecule has 1 aromatic carbocycles. The average Bonchev–Trinajstić information content (AvgIpc) is 2.17. The van der Waals surface area contributed by atoms with Crippen molar-refractivity contribution >= 4 is 17.5 Å². The standard InChI is InChI=1S/C10H15N3O2/c1-7-2-3-8(11)9(6-7)13-4-5-15-10(12)14/h2-3,6,13H,4-5,11H2,1H3,(H2,12,14). The van der Waals surface area contributed by atoms with Gasteiger partial charge in [-0.25, -0.2) is 4.79 Å². The fourth-order valence-corrected chi connectivity index (χ4v) is 1.16. The molecule has 1 rings (SSSR count). The highest BCUT2D eigenvalue weighted by atomic mass is 16.5. The summed E-state index contributed by atoms with van der Waals surface area (Å²) in [6.07, 6.45) is -0.769. The summed E-state index contributed by atoms with van der Waals surface area (Å²) in [6.45, 7) is 2.68. The van der Waals surface area contributed by atoms with Gasteiger partial charge < -0.3 is 21.5 Å². The lowest BCUT2D eigenvalue weighted by atomic mass is 10.2. The number of benzene rings is 1. The number of amides is 1. The second-order valence-electron chi connectivity index (χ2n) is 3.18. The van der Waals surface area contributed by atoms with Gasteiger partial charge in [-0.1, -0.05) is 6.07 Å². The van der Waals surface area contributed by atoms with Crippen LogP contribution in [-0.2, 0) is 4.74 Å². The van der Waals surface area contributed by atoms with E-state index >= 15 is 0 Å². The number of hydrogen-bond acceptors (Lipinski definition) is 4. The first-order valence-corrected chi connectivity index (χ1v) is 4.62. The van der Waals surface area contributed by atoms with E-state index in [2.05, 4.69) is 10.1 Å². The van der Waals surface area contributed by atoms with E-state index in [4.69, 9.17) is 11.5 Å². The quantitative estimate of drug-likeness (QED) is 0.511. The summed E-state index contributed by atoms with van der Waals surface area (Å²) in [7, 11) is 0. The number of rotatable bonds is 4. The van der Waals surface area contributed by atoms with Crippen molar-refractivity contribution in [2.45, 2.75) is 6.92 Å². The fourth-order valence-electron chi connectivity index (χ4n) is 1.16. The Morgan fingerprint density at radius 1 is 1.53 bits per heavy atom. The van der Waals surface area contributed by atoms with Gasteiger partial charge in [0.05, 0.1) is 11.4 Å². The second-order valence-corrected chi connectivity index (χ2v) is 3.18. The van der Waals surface area contributed by atoms with Gasteiger partial charge in [-0.2, -0.15) is 0 Å². The number of ether oxygens (including phenoxy) is 1. The van der Waals surface area contributed by atoms with Crippen LogP contribution in [0, 0.1) is 6.92 Å². The van der Waals surface area contributed by atoms with Crippen LogP contribution in [0.2, 0.25) is 0 Å². The van der Waals surface area contributed by atoms with Crippen molar-refractivity contribution in [3.05, 3.63) is 23.8 Å². The lowest BCUT2D eigenvalue weighted by Gasteiger charge is -2.09. The summed E-state index contributed by atoms with van der Waals surface area (Å²) < 4.78 is 4.57. The van der Waals surface area contributed by atoms with Crippen LogP contribution in [0.15, 0.2) is 18.2 Å². The topological polar surface area (TPSA) is 90.4 Å². The van der Waals surface area contributed by atoms with Crippen LogP contribution in [0.25, 0.3) is 0 Å². The molecule has 1 amide bonds. The zero-order valence-corrected chi connectivity index (χ0v) is 8.62. The van der Waals surface area contributed by atoms with Crippen LogP contribution >= 0.6 is 0 Å². The van der Waals surface area contributed by atoms with Gasteiger partial charge in [0.25, 0.3) is 0 Å². The molecule has 5 nitrogen and oxygen atoms in total. The van der Waals surface area contributed by atoms with E-state index in [1.807, 2.05) is 25.1 Å². The van der Waals surface area contributed by atoms with Gasteiger partial charge in [0, 0.05) is 6.54 Å². The van der Waals surface area contributed by atoms with Gasteiger partial charge in [-0.15, -0.1) is 0 Å². The van der Waals surface area contributed by atoms with E-state index in [0.29, 0.717) is 12.2 Å². The third kappa shape index (κ3) is 3.76.